The summed E-state index contributed by atoms with van der Waals surface area (Å²) in [6.07, 6.45) is 5.03. The average Bonchev–Trinajstić information content (AvgIpc) is 3.22. The zero-order valence-corrected chi connectivity index (χ0v) is 13.3. The third-order valence-corrected chi connectivity index (χ3v) is 5.64. The summed E-state index contributed by atoms with van der Waals surface area (Å²) in [6.45, 7) is 2.19. The zero-order valence-electron chi connectivity index (χ0n) is 12.5. The van der Waals surface area contributed by atoms with Gasteiger partial charge in [-0.1, -0.05) is 19.8 Å². The Labute approximate surface area is 122 Å². The molecule has 1 aromatic carbocycles. The van der Waals surface area contributed by atoms with Crippen molar-refractivity contribution >= 4 is 15.7 Å². The normalized spacial score (nSPS) is 17.2. The fraction of sp³-hybridized carbons (Fsp3) is 0.600. The fourth-order valence-electron chi connectivity index (χ4n) is 2.25. The number of benzene rings is 1. The van der Waals surface area contributed by atoms with Crippen LogP contribution in [0, 0.1) is 5.92 Å². The molecular formula is C15H24N2O2S. The molecule has 0 aromatic heterocycles. The lowest BCUT2D eigenvalue weighted by Crippen LogP contribution is -2.22. The lowest BCUT2D eigenvalue weighted by Gasteiger charge is -2.18. The first-order valence-electron chi connectivity index (χ1n) is 7.22. The van der Waals surface area contributed by atoms with Crippen molar-refractivity contribution < 1.29 is 8.42 Å². The second kappa shape index (κ2) is 6.14. The van der Waals surface area contributed by atoms with Gasteiger partial charge in [0.2, 0.25) is 10.0 Å². The van der Waals surface area contributed by atoms with E-state index in [4.69, 9.17) is 0 Å². The Hall–Kier alpha value is -1.07. The van der Waals surface area contributed by atoms with Crippen LogP contribution in [0.3, 0.4) is 0 Å². The van der Waals surface area contributed by atoms with Gasteiger partial charge in [0.15, 0.2) is 0 Å². The molecule has 0 bridgehead atoms. The lowest BCUT2D eigenvalue weighted by molar-refractivity contribution is 0.521. The minimum absolute atomic E-state index is 0.336. The van der Waals surface area contributed by atoms with Crippen LogP contribution in [0.15, 0.2) is 29.2 Å². The Morgan fingerprint density at radius 1 is 1.25 bits per heavy atom. The summed E-state index contributed by atoms with van der Waals surface area (Å²) in [4.78, 5) is 0.336. The van der Waals surface area contributed by atoms with Crippen molar-refractivity contribution in [1.82, 2.24) is 4.31 Å². The first kappa shape index (κ1) is 15.3. The Morgan fingerprint density at radius 3 is 2.30 bits per heavy atom. The van der Waals surface area contributed by atoms with Gasteiger partial charge in [0.05, 0.1) is 4.90 Å². The number of hydrogen-bond acceptors (Lipinski definition) is 3. The van der Waals surface area contributed by atoms with Gasteiger partial charge in [0.25, 0.3) is 0 Å². The largest absolute Gasteiger partial charge is 0.382 e. The van der Waals surface area contributed by atoms with Crippen LogP contribution < -0.4 is 5.32 Å². The maximum absolute atomic E-state index is 12.0. The van der Waals surface area contributed by atoms with E-state index < -0.39 is 10.0 Å². The summed E-state index contributed by atoms with van der Waals surface area (Å²) >= 11 is 0. The molecular weight excluding hydrogens is 272 g/mol. The van der Waals surface area contributed by atoms with E-state index in [1.165, 1.54) is 23.6 Å². The van der Waals surface area contributed by atoms with Crippen LogP contribution in [0.2, 0.25) is 0 Å². The highest BCUT2D eigenvalue weighted by Gasteiger charge is 2.24. The van der Waals surface area contributed by atoms with Crippen LogP contribution >= 0.6 is 0 Å². The van der Waals surface area contributed by atoms with E-state index in [9.17, 15) is 8.42 Å². The van der Waals surface area contributed by atoms with E-state index in [0.717, 1.165) is 18.0 Å². The van der Waals surface area contributed by atoms with Gasteiger partial charge in [-0.15, -0.1) is 0 Å². The van der Waals surface area contributed by atoms with Gasteiger partial charge < -0.3 is 5.32 Å². The van der Waals surface area contributed by atoms with Crippen LogP contribution in [0.1, 0.15) is 32.6 Å². The number of rotatable bonds is 7. The highest BCUT2D eigenvalue weighted by atomic mass is 32.2. The van der Waals surface area contributed by atoms with Crippen molar-refractivity contribution in [2.75, 3.05) is 19.4 Å². The molecule has 112 valence electrons. The van der Waals surface area contributed by atoms with E-state index >= 15 is 0 Å². The molecule has 1 atom stereocenters. The van der Waals surface area contributed by atoms with Gasteiger partial charge in [-0.3, -0.25) is 0 Å². The summed E-state index contributed by atoms with van der Waals surface area (Å²) < 4.78 is 25.2. The van der Waals surface area contributed by atoms with Crippen LogP contribution in [0.4, 0.5) is 5.69 Å². The Morgan fingerprint density at radius 2 is 1.85 bits per heavy atom. The number of hydrogen-bond donors (Lipinski definition) is 1. The second-order valence-corrected chi connectivity index (χ2v) is 7.89. The molecule has 1 saturated carbocycles. The molecule has 1 fully saturated rings. The highest BCUT2D eigenvalue weighted by molar-refractivity contribution is 7.89. The summed E-state index contributed by atoms with van der Waals surface area (Å²) in [5.41, 5.74) is 0.996. The molecule has 0 heterocycles. The molecule has 5 heteroatoms. The van der Waals surface area contributed by atoms with E-state index in [2.05, 4.69) is 12.2 Å². The smallest absolute Gasteiger partial charge is 0.242 e. The SMILES string of the molecule is CCC(CC1CC1)Nc1ccc(S(=O)(=O)N(C)C)cc1. The van der Waals surface area contributed by atoms with Gasteiger partial charge in [0, 0.05) is 25.8 Å². The molecule has 0 aliphatic heterocycles. The first-order valence-corrected chi connectivity index (χ1v) is 8.66. The van der Waals surface area contributed by atoms with Gasteiger partial charge in [-0.25, -0.2) is 12.7 Å². The van der Waals surface area contributed by atoms with Crippen LogP contribution in [-0.4, -0.2) is 32.9 Å². The van der Waals surface area contributed by atoms with Crippen molar-refractivity contribution in [2.45, 2.75) is 43.5 Å². The van der Waals surface area contributed by atoms with E-state index in [0.29, 0.717) is 10.9 Å². The summed E-state index contributed by atoms with van der Waals surface area (Å²) in [5.74, 6) is 0.890. The lowest BCUT2D eigenvalue weighted by atomic mass is 10.1. The fourth-order valence-corrected chi connectivity index (χ4v) is 3.15. The molecule has 0 saturated heterocycles. The van der Waals surface area contributed by atoms with E-state index in [1.807, 2.05) is 12.1 Å². The van der Waals surface area contributed by atoms with E-state index in [-0.39, 0.29) is 0 Å². The van der Waals surface area contributed by atoms with Crippen molar-refractivity contribution in [3.63, 3.8) is 0 Å². The molecule has 1 aliphatic carbocycles. The highest BCUT2D eigenvalue weighted by Crippen LogP contribution is 2.34. The molecule has 20 heavy (non-hydrogen) atoms. The summed E-state index contributed by atoms with van der Waals surface area (Å²) in [7, 11) is -0.239. The van der Waals surface area contributed by atoms with Crippen molar-refractivity contribution in [1.29, 1.82) is 0 Å². The maximum atomic E-state index is 12.0. The van der Waals surface area contributed by atoms with Crippen LogP contribution in [0.25, 0.3) is 0 Å². The van der Waals surface area contributed by atoms with Gasteiger partial charge in [0.1, 0.15) is 0 Å². The van der Waals surface area contributed by atoms with Crippen LogP contribution in [0.5, 0.6) is 0 Å². The molecule has 0 spiro atoms. The molecule has 1 N–H and O–H groups in total. The van der Waals surface area contributed by atoms with Gasteiger partial charge >= 0.3 is 0 Å². The van der Waals surface area contributed by atoms with Gasteiger partial charge in [-0.2, -0.15) is 0 Å². The average molecular weight is 296 g/mol. The quantitative estimate of drug-likeness (QED) is 0.841. The Kier molecular flexibility index (Phi) is 4.70. The molecule has 1 unspecified atom stereocenters. The summed E-state index contributed by atoms with van der Waals surface area (Å²) in [6, 6.07) is 7.53. The summed E-state index contributed by atoms with van der Waals surface area (Å²) in [5, 5.41) is 3.50. The minimum Gasteiger partial charge on any atom is -0.382 e. The Bertz CT molecular complexity index is 533. The van der Waals surface area contributed by atoms with Gasteiger partial charge in [-0.05, 0) is 43.0 Å². The first-order chi connectivity index (χ1) is 9.43. The molecule has 2 rings (SSSR count). The van der Waals surface area contributed by atoms with Crippen molar-refractivity contribution in [3.05, 3.63) is 24.3 Å². The third kappa shape index (κ3) is 3.73. The van der Waals surface area contributed by atoms with Crippen molar-refractivity contribution in [2.24, 2.45) is 5.92 Å². The number of anilines is 1. The topological polar surface area (TPSA) is 49.4 Å². The number of nitrogens with one attached hydrogen (secondary N) is 1. The molecule has 1 aliphatic rings. The monoisotopic (exact) mass is 296 g/mol. The number of sulfonamides is 1. The number of nitrogens with zero attached hydrogens (tertiary/aromatic N) is 1. The Balaban J connectivity index is 2.03. The maximum Gasteiger partial charge on any atom is 0.242 e. The molecule has 0 amide bonds. The van der Waals surface area contributed by atoms with Crippen LogP contribution in [-0.2, 0) is 10.0 Å². The molecule has 1 aromatic rings. The third-order valence-electron chi connectivity index (χ3n) is 3.81. The molecule has 0 radical (unpaired) electrons. The zero-order chi connectivity index (χ0) is 14.8. The second-order valence-electron chi connectivity index (χ2n) is 5.74. The standard InChI is InChI=1S/C15H24N2O2S/c1-4-13(11-12-5-6-12)16-14-7-9-15(10-8-14)20(18,19)17(2)3/h7-10,12-13,16H,4-6,11H2,1-3H3. The van der Waals surface area contributed by atoms with Crippen molar-refractivity contribution in [3.8, 4) is 0 Å². The minimum atomic E-state index is -3.33. The molecule has 4 nitrogen and oxygen atoms in total. The predicted molar refractivity (Wildman–Crippen MR) is 82.4 cm³/mol. The predicted octanol–water partition coefficient (Wildman–Crippen LogP) is 2.93. The van der Waals surface area contributed by atoms with E-state index in [1.54, 1.807) is 26.2 Å².